The summed E-state index contributed by atoms with van der Waals surface area (Å²) in [4.78, 5) is 26.0. The molecule has 2 fully saturated rings. The second-order valence-electron chi connectivity index (χ2n) is 9.60. The van der Waals surface area contributed by atoms with E-state index in [1.165, 1.54) is 0 Å². The number of quaternary nitrogens is 1. The van der Waals surface area contributed by atoms with Gasteiger partial charge in [0.05, 0.1) is 7.11 Å². The molecular weight excluding hydrogens is 413 g/mol. The first-order valence-corrected chi connectivity index (χ1v) is 10.4. The molecule has 5 rings (SSSR count). The van der Waals surface area contributed by atoms with E-state index in [9.17, 15) is 9.59 Å². The number of ether oxygens (including phenoxy) is 1. The van der Waals surface area contributed by atoms with Gasteiger partial charge in [0.2, 0.25) is 0 Å². The van der Waals surface area contributed by atoms with Gasteiger partial charge in [0, 0.05) is 12.6 Å². The number of fused-ring (bicyclic) bond motifs is 2. The van der Waals surface area contributed by atoms with E-state index in [0.717, 1.165) is 11.1 Å². The summed E-state index contributed by atoms with van der Waals surface area (Å²) in [6.45, 7) is 4.65. The fourth-order valence-corrected chi connectivity index (χ4v) is 5.30. The summed E-state index contributed by atoms with van der Waals surface area (Å²) in [5, 5.41) is 7.76. The third kappa shape index (κ3) is 2.17. The van der Waals surface area contributed by atoms with Crippen LogP contribution in [0.2, 0.25) is 0 Å². The summed E-state index contributed by atoms with van der Waals surface area (Å²) in [6.07, 6.45) is 0. The Morgan fingerprint density at radius 3 is 2.16 bits per heavy atom. The number of hydrogen-bond acceptors (Lipinski definition) is 8. The Bertz CT molecular complexity index is 1270. The third-order valence-electron chi connectivity index (χ3n) is 7.74. The summed E-state index contributed by atoms with van der Waals surface area (Å²) >= 11 is 0. The van der Waals surface area contributed by atoms with Crippen LogP contribution in [0, 0.1) is 0 Å². The van der Waals surface area contributed by atoms with E-state index in [4.69, 9.17) is 18.7 Å². The first-order valence-electron chi connectivity index (χ1n) is 10.4. The fourth-order valence-electron chi connectivity index (χ4n) is 5.30. The Hall–Kier alpha value is -3.40. The number of carbonyl (C=O) groups excluding carboxylic acids is 2. The average Bonchev–Trinajstić information content (AvgIpc) is 3.34. The zero-order valence-electron chi connectivity index (χ0n) is 18.8. The maximum atomic E-state index is 13.0. The minimum Gasteiger partial charge on any atom is -0.596 e. The minimum atomic E-state index is -2.51. The zero-order chi connectivity index (χ0) is 23.1. The lowest BCUT2D eigenvalue weighted by molar-refractivity contribution is -0.885. The first-order chi connectivity index (χ1) is 15.0. The molecule has 2 saturated heterocycles. The second-order valence-corrected chi connectivity index (χ2v) is 9.60. The zero-order valence-corrected chi connectivity index (χ0v) is 18.8. The highest BCUT2D eigenvalue weighted by molar-refractivity contribution is 6.79. The number of methoxy groups -OCH3 is 1. The number of hydrogen-bond donors (Lipinski definition) is 0. The maximum Gasteiger partial charge on any atom is 0.615 e. The molecule has 166 valence electrons. The van der Waals surface area contributed by atoms with Crippen molar-refractivity contribution in [2.75, 3.05) is 14.2 Å². The smallest absolute Gasteiger partial charge is 0.596 e. The van der Waals surface area contributed by atoms with Crippen LogP contribution in [0.3, 0.4) is 0 Å². The lowest BCUT2D eigenvalue weighted by Gasteiger charge is -2.54. The molecule has 10 heteroatoms. The molecule has 1 aromatic heterocycles. The van der Waals surface area contributed by atoms with Crippen LogP contribution in [0.1, 0.15) is 27.7 Å². The highest BCUT2D eigenvalue weighted by atomic mass is 16.7. The molecule has 2 aromatic carbocycles. The molecule has 0 unspecified atom stereocenters. The molecule has 0 N–H and O–H groups in total. The lowest BCUT2D eigenvalue weighted by Crippen LogP contribution is -2.77. The molecule has 0 radical (unpaired) electrons. The van der Waals surface area contributed by atoms with Crippen molar-refractivity contribution in [2.24, 2.45) is 0 Å². The Morgan fingerprint density at radius 1 is 0.906 bits per heavy atom. The number of aromatic nitrogens is 2. The molecule has 0 bridgehead atoms. The van der Waals surface area contributed by atoms with Crippen LogP contribution in [0.15, 0.2) is 41.0 Å². The molecular formula is C22H24BN3O6. The van der Waals surface area contributed by atoms with E-state index < -0.39 is 29.7 Å². The Labute approximate surface area is 184 Å². The van der Waals surface area contributed by atoms with Gasteiger partial charge in [-0.3, -0.25) is 0 Å². The van der Waals surface area contributed by atoms with Gasteiger partial charge in [0.25, 0.3) is 0 Å². The van der Waals surface area contributed by atoms with Gasteiger partial charge in [-0.15, -0.1) is 0 Å². The molecule has 3 aromatic rings. The van der Waals surface area contributed by atoms with Crippen LogP contribution in [-0.2, 0) is 18.9 Å². The van der Waals surface area contributed by atoms with Crippen molar-refractivity contribution in [3.05, 3.63) is 36.4 Å². The van der Waals surface area contributed by atoms with Gasteiger partial charge in [0.1, 0.15) is 16.8 Å². The SMILES string of the molecule is COc1ccc([B-]23OC(=O)C(C)(C)[N+]2(C)C(C)(C)C(=O)O3)cc1-c1ccc2nonc2c1. The van der Waals surface area contributed by atoms with Gasteiger partial charge >= 0.3 is 18.6 Å². The van der Waals surface area contributed by atoms with Gasteiger partial charge in [-0.05, 0) is 67.2 Å². The Balaban J connectivity index is 1.75. The van der Waals surface area contributed by atoms with E-state index >= 15 is 0 Å². The number of benzene rings is 2. The van der Waals surface area contributed by atoms with E-state index in [1.54, 1.807) is 53.0 Å². The number of rotatable bonds is 3. The second kappa shape index (κ2) is 6.10. The highest BCUT2D eigenvalue weighted by Crippen LogP contribution is 2.52. The van der Waals surface area contributed by atoms with Gasteiger partial charge in [-0.2, -0.15) is 0 Å². The summed E-state index contributed by atoms with van der Waals surface area (Å²) in [6, 6.07) is 10.9. The van der Waals surface area contributed by atoms with Crippen molar-refractivity contribution in [3.63, 3.8) is 0 Å². The van der Waals surface area contributed by atoms with E-state index in [1.807, 2.05) is 25.2 Å². The Morgan fingerprint density at radius 2 is 1.53 bits per heavy atom. The third-order valence-corrected chi connectivity index (χ3v) is 7.74. The van der Waals surface area contributed by atoms with Crippen LogP contribution in [0.4, 0.5) is 0 Å². The first kappa shape index (κ1) is 20.5. The monoisotopic (exact) mass is 437 g/mol. The molecule has 0 spiro atoms. The molecule has 9 nitrogen and oxygen atoms in total. The molecule has 0 amide bonds. The highest BCUT2D eigenvalue weighted by Gasteiger charge is 2.80. The minimum absolute atomic E-state index is 0.0182. The van der Waals surface area contributed by atoms with E-state index in [0.29, 0.717) is 22.2 Å². The lowest BCUT2D eigenvalue weighted by atomic mass is 9.57. The summed E-state index contributed by atoms with van der Waals surface area (Å²) < 4.78 is 22.3. The van der Waals surface area contributed by atoms with Crippen molar-refractivity contribution in [1.82, 2.24) is 10.3 Å². The predicted molar refractivity (Wildman–Crippen MR) is 116 cm³/mol. The number of nitrogens with zero attached hydrogens (tertiary/aromatic N) is 3. The normalized spacial score (nSPS) is 27.8. The average molecular weight is 437 g/mol. The van der Waals surface area contributed by atoms with Crippen molar-refractivity contribution >= 4 is 35.1 Å². The maximum absolute atomic E-state index is 13.0. The van der Waals surface area contributed by atoms with Crippen molar-refractivity contribution in [1.29, 1.82) is 0 Å². The summed E-state index contributed by atoms with van der Waals surface area (Å²) in [5.41, 5.74) is 1.37. The van der Waals surface area contributed by atoms with Crippen LogP contribution in [-0.4, -0.2) is 58.6 Å². The van der Waals surface area contributed by atoms with E-state index in [2.05, 4.69) is 10.3 Å². The summed E-state index contributed by atoms with van der Waals surface area (Å²) in [7, 11) is 3.43. The number of carbonyl (C=O) groups is 2. The van der Waals surface area contributed by atoms with Crippen LogP contribution in [0.25, 0.3) is 22.2 Å². The topological polar surface area (TPSA) is 101 Å². The van der Waals surface area contributed by atoms with Gasteiger partial charge in [-0.25, -0.2) is 14.2 Å². The van der Waals surface area contributed by atoms with E-state index in [-0.39, 0.29) is 4.39 Å². The summed E-state index contributed by atoms with van der Waals surface area (Å²) in [5.74, 6) is -0.209. The van der Waals surface area contributed by atoms with Crippen LogP contribution >= 0.6 is 0 Å². The molecule has 0 aliphatic carbocycles. The van der Waals surface area contributed by atoms with Crippen LogP contribution in [0.5, 0.6) is 5.75 Å². The Kier molecular flexibility index (Phi) is 3.91. The fraction of sp³-hybridized carbons (Fsp3) is 0.364. The molecule has 3 heterocycles. The van der Waals surface area contributed by atoms with Crippen molar-refractivity contribution < 1.29 is 32.7 Å². The largest absolute Gasteiger partial charge is 0.615 e. The van der Waals surface area contributed by atoms with Crippen molar-refractivity contribution in [2.45, 2.75) is 38.8 Å². The van der Waals surface area contributed by atoms with Gasteiger partial charge in [0.15, 0.2) is 11.1 Å². The number of likely N-dealkylation sites (N-methyl/N-ethyl adjacent to an activating group) is 1. The standard InChI is InChI=1S/C22H24BN3O6/c1-21(2)19(27)30-23(26(21,5)22(3,4)20(28)31-23)14-8-10-18(29-6)15(12-14)13-7-9-16-17(11-13)25-32-24-16/h7-12H,1-6H3. The van der Waals surface area contributed by atoms with Crippen molar-refractivity contribution in [3.8, 4) is 16.9 Å². The predicted octanol–water partition coefficient (Wildman–Crippen LogP) is 2.16. The molecule has 2 aliphatic rings. The molecule has 2 aliphatic heterocycles. The quantitative estimate of drug-likeness (QED) is 0.575. The van der Waals surface area contributed by atoms with Crippen LogP contribution < -0.4 is 10.2 Å². The van der Waals surface area contributed by atoms with Gasteiger partial charge in [-0.1, -0.05) is 18.2 Å². The molecule has 32 heavy (non-hydrogen) atoms. The molecule has 0 atom stereocenters. The van der Waals surface area contributed by atoms with Gasteiger partial charge < -0.3 is 18.4 Å². The molecule has 0 saturated carbocycles.